The third-order valence-electron chi connectivity index (χ3n) is 5.25. The Morgan fingerprint density at radius 1 is 1.18 bits per heavy atom. The van der Waals surface area contributed by atoms with Crippen LogP contribution in [0.3, 0.4) is 0 Å². The van der Waals surface area contributed by atoms with Crippen LogP contribution in [0.1, 0.15) is 39.1 Å². The number of nitrogens with one attached hydrogen (secondary N) is 3. The fourth-order valence-corrected chi connectivity index (χ4v) is 3.85. The van der Waals surface area contributed by atoms with Crippen LogP contribution in [-0.4, -0.2) is 66.9 Å². The molecule has 4 amide bonds. The van der Waals surface area contributed by atoms with E-state index in [1.807, 2.05) is 0 Å². The Balaban J connectivity index is 1.49. The second-order valence-corrected chi connectivity index (χ2v) is 7.11. The molecule has 9 heteroatoms. The maximum absolute atomic E-state index is 13.0. The van der Waals surface area contributed by atoms with Gasteiger partial charge in [0.1, 0.15) is 6.04 Å². The van der Waals surface area contributed by atoms with Gasteiger partial charge in [-0.3, -0.25) is 29.4 Å². The van der Waals surface area contributed by atoms with Gasteiger partial charge in [0.05, 0.1) is 23.8 Å². The van der Waals surface area contributed by atoms with Gasteiger partial charge in [-0.15, -0.1) is 0 Å². The van der Waals surface area contributed by atoms with E-state index in [0.717, 1.165) is 18.0 Å². The molecule has 0 aromatic heterocycles. The van der Waals surface area contributed by atoms with Crippen molar-refractivity contribution in [2.75, 3.05) is 26.2 Å². The zero-order valence-electron chi connectivity index (χ0n) is 15.3. The highest BCUT2D eigenvalue weighted by atomic mass is 16.5. The largest absolute Gasteiger partial charge is 0.374 e. The van der Waals surface area contributed by atoms with Gasteiger partial charge in [-0.1, -0.05) is 12.1 Å². The van der Waals surface area contributed by atoms with Crippen molar-refractivity contribution in [3.05, 3.63) is 34.9 Å². The Labute approximate surface area is 161 Å². The zero-order valence-corrected chi connectivity index (χ0v) is 15.3. The lowest BCUT2D eigenvalue weighted by atomic mass is 10.0. The summed E-state index contributed by atoms with van der Waals surface area (Å²) in [4.78, 5) is 50.3. The molecular weight excluding hydrogens is 364 g/mol. The minimum atomic E-state index is -0.951. The number of hydrogen-bond acceptors (Lipinski definition) is 7. The van der Waals surface area contributed by atoms with Crippen LogP contribution in [0.5, 0.6) is 0 Å². The molecule has 1 unspecified atom stereocenters. The number of piperidine rings is 1. The second-order valence-electron chi connectivity index (χ2n) is 7.11. The zero-order chi connectivity index (χ0) is 19.7. The molecule has 3 N–H and O–H groups in total. The Bertz CT molecular complexity index is 834. The molecule has 9 nitrogen and oxygen atoms in total. The quantitative estimate of drug-likeness (QED) is 0.565. The van der Waals surface area contributed by atoms with Crippen molar-refractivity contribution < 1.29 is 23.9 Å². The van der Waals surface area contributed by atoms with E-state index < -0.39 is 23.8 Å². The van der Waals surface area contributed by atoms with Gasteiger partial charge >= 0.3 is 0 Å². The molecule has 3 heterocycles. The summed E-state index contributed by atoms with van der Waals surface area (Å²) in [5, 5.41) is 8.73. The van der Waals surface area contributed by atoms with Crippen LogP contribution < -0.4 is 16.0 Å². The van der Waals surface area contributed by atoms with Crippen molar-refractivity contribution >= 4 is 23.6 Å². The maximum atomic E-state index is 13.0. The summed E-state index contributed by atoms with van der Waals surface area (Å²) in [6.45, 7) is 3.30. The Hall–Kier alpha value is -2.62. The van der Waals surface area contributed by atoms with E-state index in [1.54, 1.807) is 18.2 Å². The van der Waals surface area contributed by atoms with Crippen molar-refractivity contribution in [2.45, 2.75) is 31.5 Å². The van der Waals surface area contributed by atoms with E-state index in [2.05, 4.69) is 16.0 Å². The Morgan fingerprint density at radius 3 is 2.79 bits per heavy atom. The number of nitrogens with zero attached hydrogens (tertiary/aromatic N) is 1. The van der Waals surface area contributed by atoms with Gasteiger partial charge in [0.15, 0.2) is 0 Å². The van der Waals surface area contributed by atoms with E-state index in [9.17, 15) is 19.2 Å². The summed E-state index contributed by atoms with van der Waals surface area (Å²) in [5.74, 6) is -1.96. The number of morpholine rings is 1. The predicted octanol–water partition coefficient (Wildman–Crippen LogP) is -0.834. The topological polar surface area (TPSA) is 117 Å². The molecule has 4 rings (SSSR count). The molecule has 0 bridgehead atoms. The van der Waals surface area contributed by atoms with Gasteiger partial charge in [0, 0.05) is 32.6 Å². The lowest BCUT2D eigenvalue weighted by molar-refractivity contribution is -0.136. The molecule has 28 heavy (non-hydrogen) atoms. The molecule has 2 saturated heterocycles. The Morgan fingerprint density at radius 2 is 2.04 bits per heavy atom. The lowest BCUT2D eigenvalue weighted by Gasteiger charge is -2.27. The van der Waals surface area contributed by atoms with Crippen LogP contribution in [0.15, 0.2) is 18.2 Å². The molecule has 3 aliphatic rings. The molecule has 0 saturated carbocycles. The molecule has 3 aliphatic heterocycles. The normalized spacial score (nSPS) is 25.1. The van der Waals surface area contributed by atoms with Crippen molar-refractivity contribution in [1.82, 2.24) is 20.9 Å². The second kappa shape index (κ2) is 7.78. The molecular formula is C19H22N4O5. The van der Waals surface area contributed by atoms with Crippen LogP contribution in [0.2, 0.25) is 0 Å². The number of carbonyl (C=O) groups excluding carboxylic acids is 4. The number of benzene rings is 1. The Kier molecular flexibility index (Phi) is 5.21. The third kappa shape index (κ3) is 3.44. The lowest BCUT2D eigenvalue weighted by Crippen LogP contribution is -2.54. The van der Waals surface area contributed by atoms with E-state index in [-0.39, 0.29) is 24.9 Å². The number of hydrogen-bond donors (Lipinski definition) is 3. The number of rotatable bonds is 5. The fourth-order valence-electron chi connectivity index (χ4n) is 3.85. The first-order chi connectivity index (χ1) is 13.6. The minimum Gasteiger partial charge on any atom is -0.374 e. The first kappa shape index (κ1) is 18.7. The molecule has 1 aromatic rings. The summed E-state index contributed by atoms with van der Waals surface area (Å²) in [6, 6.07) is 4.17. The monoisotopic (exact) mass is 386 g/mol. The van der Waals surface area contributed by atoms with Crippen LogP contribution in [0, 0.1) is 0 Å². The highest BCUT2D eigenvalue weighted by Gasteiger charge is 2.45. The molecule has 2 fully saturated rings. The van der Waals surface area contributed by atoms with Crippen LogP contribution in [0.25, 0.3) is 0 Å². The van der Waals surface area contributed by atoms with Crippen LogP contribution in [0.4, 0.5) is 0 Å². The van der Waals surface area contributed by atoms with Gasteiger partial charge < -0.3 is 15.4 Å². The van der Waals surface area contributed by atoms with Gasteiger partial charge in [-0.25, -0.2) is 0 Å². The smallest absolute Gasteiger partial charge is 0.262 e. The van der Waals surface area contributed by atoms with Gasteiger partial charge in [-0.05, 0) is 18.1 Å². The average Bonchev–Trinajstić information content (AvgIpc) is 2.94. The van der Waals surface area contributed by atoms with Crippen LogP contribution in [-0.2, 0) is 20.9 Å². The standard InChI is InChI=1S/C19H22N4O5/c24-15-5-4-14(17(25)22-15)23-18(26)13-3-1-2-11(16(13)19(23)27)8-21-10-12-9-20-6-7-28-12/h1-3,12,14,20-21H,4-10H2,(H,22,24,25)/t12-,14?/m1/s1. The highest BCUT2D eigenvalue weighted by Crippen LogP contribution is 2.29. The summed E-state index contributed by atoms with van der Waals surface area (Å²) >= 11 is 0. The summed E-state index contributed by atoms with van der Waals surface area (Å²) in [5.41, 5.74) is 1.33. The van der Waals surface area contributed by atoms with Crippen molar-refractivity contribution in [3.8, 4) is 0 Å². The average molecular weight is 386 g/mol. The number of ether oxygens (including phenoxy) is 1. The molecule has 2 atom stereocenters. The van der Waals surface area contributed by atoms with Crippen LogP contribution >= 0.6 is 0 Å². The van der Waals surface area contributed by atoms with Gasteiger partial charge in [0.2, 0.25) is 11.8 Å². The summed E-state index contributed by atoms with van der Waals surface area (Å²) in [7, 11) is 0. The number of fused-ring (bicyclic) bond motifs is 1. The molecule has 0 radical (unpaired) electrons. The number of amides is 4. The van der Waals surface area contributed by atoms with E-state index in [0.29, 0.717) is 36.4 Å². The van der Waals surface area contributed by atoms with Crippen molar-refractivity contribution in [1.29, 1.82) is 0 Å². The van der Waals surface area contributed by atoms with E-state index >= 15 is 0 Å². The maximum Gasteiger partial charge on any atom is 0.262 e. The SMILES string of the molecule is O=C1CCC(N2C(=O)c3cccc(CNC[C@H]4CNCCO4)c3C2=O)C(=O)N1. The first-order valence-electron chi connectivity index (χ1n) is 9.43. The van der Waals surface area contributed by atoms with Gasteiger partial charge in [-0.2, -0.15) is 0 Å². The highest BCUT2D eigenvalue weighted by molar-refractivity contribution is 6.24. The third-order valence-corrected chi connectivity index (χ3v) is 5.25. The van der Waals surface area contributed by atoms with Crippen molar-refractivity contribution in [3.63, 3.8) is 0 Å². The van der Waals surface area contributed by atoms with Crippen molar-refractivity contribution in [2.24, 2.45) is 0 Å². The number of imide groups is 2. The molecule has 0 aliphatic carbocycles. The van der Waals surface area contributed by atoms with E-state index in [1.165, 1.54) is 0 Å². The molecule has 1 aromatic carbocycles. The molecule has 0 spiro atoms. The number of carbonyl (C=O) groups is 4. The minimum absolute atomic E-state index is 0.0582. The fraction of sp³-hybridized carbons (Fsp3) is 0.474. The summed E-state index contributed by atoms with van der Waals surface area (Å²) < 4.78 is 5.64. The molecule has 148 valence electrons. The van der Waals surface area contributed by atoms with E-state index in [4.69, 9.17) is 4.74 Å². The summed E-state index contributed by atoms with van der Waals surface area (Å²) in [6.07, 6.45) is 0.312. The van der Waals surface area contributed by atoms with Gasteiger partial charge in [0.25, 0.3) is 11.8 Å². The first-order valence-corrected chi connectivity index (χ1v) is 9.43. The predicted molar refractivity (Wildman–Crippen MR) is 97.4 cm³/mol.